The summed E-state index contributed by atoms with van der Waals surface area (Å²) in [7, 11) is 1.50. The molecule has 0 amide bonds. The molecule has 1 aliphatic rings. The predicted molar refractivity (Wildman–Crippen MR) is 54.0 cm³/mol. The molecule has 0 aliphatic carbocycles. The Bertz CT molecular complexity index is 452. The second-order valence-corrected chi connectivity index (χ2v) is 3.43. The van der Waals surface area contributed by atoms with Crippen molar-refractivity contribution in [2.45, 2.75) is 12.5 Å². The molecule has 1 aromatic rings. The lowest BCUT2D eigenvalue weighted by molar-refractivity contribution is -0.145. The van der Waals surface area contributed by atoms with E-state index in [9.17, 15) is 9.59 Å². The van der Waals surface area contributed by atoms with E-state index in [-0.39, 0.29) is 12.2 Å². The molecule has 0 fully saturated rings. The molecule has 16 heavy (non-hydrogen) atoms. The van der Waals surface area contributed by atoms with Gasteiger partial charge in [0.25, 0.3) is 0 Å². The van der Waals surface area contributed by atoms with Crippen LogP contribution in [0, 0.1) is 0 Å². The summed E-state index contributed by atoms with van der Waals surface area (Å²) >= 11 is 0. The molecule has 0 saturated carbocycles. The highest BCUT2D eigenvalue weighted by Crippen LogP contribution is 2.30. The van der Waals surface area contributed by atoms with Gasteiger partial charge in [-0.15, -0.1) is 0 Å². The van der Waals surface area contributed by atoms with Crippen LogP contribution in [0.4, 0.5) is 0 Å². The van der Waals surface area contributed by atoms with Crippen molar-refractivity contribution in [3.63, 3.8) is 0 Å². The van der Waals surface area contributed by atoms with E-state index < -0.39 is 12.1 Å². The van der Waals surface area contributed by atoms with Gasteiger partial charge in [0.2, 0.25) is 6.10 Å². The van der Waals surface area contributed by atoms with Gasteiger partial charge in [-0.2, -0.15) is 0 Å². The Kier molecular flexibility index (Phi) is 2.52. The van der Waals surface area contributed by atoms with E-state index in [1.54, 1.807) is 18.2 Å². The molecule has 0 spiro atoms. The molecule has 0 aromatic heterocycles. The lowest BCUT2D eigenvalue weighted by atomic mass is 10.0. The largest absolute Gasteiger partial charge is 0.497 e. The average Bonchev–Trinajstić information content (AvgIpc) is 2.28. The van der Waals surface area contributed by atoms with Crippen LogP contribution in [0.25, 0.3) is 0 Å². The van der Waals surface area contributed by atoms with E-state index in [0.29, 0.717) is 17.1 Å². The highest BCUT2D eigenvalue weighted by atomic mass is 16.5. The Morgan fingerprint density at radius 2 is 2.31 bits per heavy atom. The normalized spacial score (nSPS) is 18.6. The monoisotopic (exact) mass is 222 g/mol. The number of fused-ring (bicyclic) bond motifs is 1. The van der Waals surface area contributed by atoms with Gasteiger partial charge in [0, 0.05) is 0 Å². The number of hydrogen-bond acceptors (Lipinski definition) is 4. The van der Waals surface area contributed by atoms with Crippen LogP contribution in [-0.4, -0.2) is 30.1 Å². The van der Waals surface area contributed by atoms with Crippen molar-refractivity contribution in [3.8, 4) is 11.5 Å². The summed E-state index contributed by atoms with van der Waals surface area (Å²) in [6, 6.07) is 4.72. The lowest BCUT2D eigenvalue weighted by Crippen LogP contribution is -2.33. The van der Waals surface area contributed by atoms with E-state index >= 15 is 0 Å². The van der Waals surface area contributed by atoms with Crippen LogP contribution in [0.5, 0.6) is 11.5 Å². The topological polar surface area (TPSA) is 72.8 Å². The van der Waals surface area contributed by atoms with Crippen LogP contribution in [-0.2, 0) is 4.79 Å². The highest BCUT2D eigenvalue weighted by molar-refractivity contribution is 6.02. The van der Waals surface area contributed by atoms with Crippen molar-refractivity contribution in [2.24, 2.45) is 0 Å². The third kappa shape index (κ3) is 1.71. The van der Waals surface area contributed by atoms with E-state index in [4.69, 9.17) is 14.6 Å². The molecular weight excluding hydrogens is 212 g/mol. The number of carboxylic acid groups (broad SMARTS) is 1. The van der Waals surface area contributed by atoms with Gasteiger partial charge in [-0.05, 0) is 18.2 Å². The van der Waals surface area contributed by atoms with Gasteiger partial charge in [0.15, 0.2) is 5.78 Å². The molecule has 84 valence electrons. The van der Waals surface area contributed by atoms with E-state index in [1.165, 1.54) is 7.11 Å². The maximum atomic E-state index is 11.7. The van der Waals surface area contributed by atoms with Crippen LogP contribution >= 0.6 is 0 Å². The quantitative estimate of drug-likeness (QED) is 0.811. The minimum Gasteiger partial charge on any atom is -0.497 e. The van der Waals surface area contributed by atoms with Gasteiger partial charge in [-0.25, -0.2) is 4.79 Å². The smallest absolute Gasteiger partial charge is 0.345 e. The van der Waals surface area contributed by atoms with Crippen molar-refractivity contribution < 1.29 is 24.2 Å². The molecule has 1 N–H and O–H groups in total. The molecule has 5 heteroatoms. The number of ether oxygens (including phenoxy) is 2. The first kappa shape index (κ1) is 10.5. The van der Waals surface area contributed by atoms with Crippen LogP contribution in [0.1, 0.15) is 16.8 Å². The molecule has 1 atom stereocenters. The lowest BCUT2D eigenvalue weighted by Gasteiger charge is -2.22. The second kappa shape index (κ2) is 3.84. The molecule has 1 heterocycles. The summed E-state index contributed by atoms with van der Waals surface area (Å²) in [5.41, 5.74) is 0.372. The summed E-state index contributed by atoms with van der Waals surface area (Å²) < 4.78 is 10.2. The van der Waals surface area contributed by atoms with Crippen LogP contribution < -0.4 is 9.47 Å². The first-order valence-electron chi connectivity index (χ1n) is 4.72. The number of hydrogen-bond donors (Lipinski definition) is 1. The second-order valence-electron chi connectivity index (χ2n) is 3.43. The minimum atomic E-state index is -1.13. The molecule has 0 bridgehead atoms. The number of aliphatic carboxylic acids is 1. The van der Waals surface area contributed by atoms with Crippen molar-refractivity contribution in [1.29, 1.82) is 0 Å². The van der Waals surface area contributed by atoms with E-state index in [0.717, 1.165) is 0 Å². The third-order valence-electron chi connectivity index (χ3n) is 2.40. The van der Waals surface area contributed by atoms with Gasteiger partial charge in [0.1, 0.15) is 11.5 Å². The SMILES string of the molecule is COc1ccc2c(c1)C(=O)C[C@H](C(=O)O)O2. The zero-order valence-electron chi connectivity index (χ0n) is 8.60. The predicted octanol–water partition coefficient (Wildman–Crippen LogP) is 1.11. The van der Waals surface area contributed by atoms with Crippen LogP contribution in [0.15, 0.2) is 18.2 Å². The summed E-state index contributed by atoms with van der Waals surface area (Å²) in [6.45, 7) is 0. The zero-order valence-corrected chi connectivity index (χ0v) is 8.60. The molecule has 0 unspecified atom stereocenters. The summed E-state index contributed by atoms with van der Waals surface area (Å²) in [4.78, 5) is 22.4. The standard InChI is InChI=1S/C11H10O5/c1-15-6-2-3-9-7(4-6)8(12)5-10(16-9)11(13)14/h2-4,10H,5H2,1H3,(H,13,14)/t10-/m1/s1. The Labute approximate surface area is 91.6 Å². The molecule has 5 nitrogen and oxygen atoms in total. The first-order valence-corrected chi connectivity index (χ1v) is 4.72. The maximum absolute atomic E-state index is 11.7. The Morgan fingerprint density at radius 1 is 1.56 bits per heavy atom. The number of Topliss-reactive ketones (excluding diaryl/α,β-unsaturated/α-hetero) is 1. The van der Waals surface area contributed by atoms with Crippen molar-refractivity contribution >= 4 is 11.8 Å². The number of carbonyl (C=O) groups is 2. The van der Waals surface area contributed by atoms with Gasteiger partial charge in [-0.3, -0.25) is 4.79 Å². The van der Waals surface area contributed by atoms with E-state index in [1.807, 2.05) is 0 Å². The molecule has 0 radical (unpaired) electrons. The summed E-state index contributed by atoms with van der Waals surface area (Å²) in [6.07, 6.45) is -1.23. The molecule has 2 rings (SSSR count). The van der Waals surface area contributed by atoms with Gasteiger partial charge >= 0.3 is 5.97 Å². The van der Waals surface area contributed by atoms with Crippen molar-refractivity contribution in [3.05, 3.63) is 23.8 Å². The van der Waals surface area contributed by atoms with Gasteiger partial charge < -0.3 is 14.6 Å². The number of benzene rings is 1. The van der Waals surface area contributed by atoms with Crippen LogP contribution in [0.2, 0.25) is 0 Å². The number of ketones is 1. The van der Waals surface area contributed by atoms with Crippen LogP contribution in [0.3, 0.4) is 0 Å². The fourth-order valence-electron chi connectivity index (χ4n) is 1.57. The number of carboxylic acids is 1. The maximum Gasteiger partial charge on any atom is 0.345 e. The molecule has 0 saturated heterocycles. The fourth-order valence-corrected chi connectivity index (χ4v) is 1.57. The van der Waals surface area contributed by atoms with E-state index in [2.05, 4.69) is 0 Å². The Morgan fingerprint density at radius 3 is 2.94 bits per heavy atom. The average molecular weight is 222 g/mol. The zero-order chi connectivity index (χ0) is 11.7. The highest BCUT2D eigenvalue weighted by Gasteiger charge is 2.31. The van der Waals surface area contributed by atoms with Crippen molar-refractivity contribution in [2.75, 3.05) is 7.11 Å². The number of carbonyl (C=O) groups excluding carboxylic acids is 1. The van der Waals surface area contributed by atoms with Gasteiger partial charge in [-0.1, -0.05) is 0 Å². The number of rotatable bonds is 2. The Balaban J connectivity index is 2.38. The molecular formula is C11H10O5. The van der Waals surface area contributed by atoms with Gasteiger partial charge in [0.05, 0.1) is 19.1 Å². The molecule has 1 aliphatic heterocycles. The summed E-state index contributed by atoms with van der Waals surface area (Å²) in [5, 5.41) is 8.78. The summed E-state index contributed by atoms with van der Waals surface area (Å²) in [5.74, 6) is -0.531. The minimum absolute atomic E-state index is 0.143. The third-order valence-corrected chi connectivity index (χ3v) is 2.40. The van der Waals surface area contributed by atoms with Crippen molar-refractivity contribution in [1.82, 2.24) is 0 Å². The number of methoxy groups -OCH3 is 1. The Hall–Kier alpha value is -2.04. The molecule has 1 aromatic carbocycles. The fraction of sp³-hybridized carbons (Fsp3) is 0.273. The first-order chi connectivity index (χ1) is 7.61.